The average Bonchev–Trinajstić information content (AvgIpc) is 3.49. The molecule has 5 nitrogen and oxygen atoms in total. The van der Waals surface area contributed by atoms with Crippen LogP contribution in [0.15, 0.2) is 30.6 Å². The molecular weight excluding hydrogens is 427 g/mol. The zero-order valence-corrected chi connectivity index (χ0v) is 18.7. The molecule has 5 rings (SSSR count). The number of pyridine rings is 2. The number of aromatic nitrogens is 3. The Labute approximate surface area is 190 Å². The number of hydrogen-bond donors (Lipinski definition) is 1. The Morgan fingerprint density at radius 3 is 2.52 bits per heavy atom. The molecule has 2 aliphatic rings. The Morgan fingerprint density at radius 1 is 1.24 bits per heavy atom. The SMILES string of the molecule is CCc1cnc2c(c1)c(C#N)c(-c1ccc(C(C)NC3(C(F)(F)F)CC3)cn1)n2C1CCC1. The second-order valence-electron chi connectivity index (χ2n) is 9.28. The molecule has 0 bridgehead atoms. The maximum Gasteiger partial charge on any atom is 0.406 e. The van der Waals surface area contributed by atoms with Crippen molar-refractivity contribution >= 4 is 11.0 Å². The number of halogens is 3. The van der Waals surface area contributed by atoms with Crippen molar-refractivity contribution in [1.82, 2.24) is 19.9 Å². The molecule has 0 aliphatic heterocycles. The first-order valence-electron chi connectivity index (χ1n) is 11.5. The number of alkyl halides is 3. The van der Waals surface area contributed by atoms with Gasteiger partial charge in [0.05, 0.1) is 17.0 Å². The minimum atomic E-state index is -4.26. The monoisotopic (exact) mass is 453 g/mol. The molecule has 3 heterocycles. The van der Waals surface area contributed by atoms with Crippen molar-refractivity contribution in [2.75, 3.05) is 0 Å². The first kappa shape index (κ1) is 21.9. The Hall–Kier alpha value is -2.92. The van der Waals surface area contributed by atoms with E-state index < -0.39 is 17.8 Å². The van der Waals surface area contributed by atoms with Gasteiger partial charge < -0.3 is 4.57 Å². The highest BCUT2D eigenvalue weighted by atomic mass is 19.4. The number of nitrogens with one attached hydrogen (secondary N) is 1. The van der Waals surface area contributed by atoms with E-state index in [0.29, 0.717) is 16.8 Å². The van der Waals surface area contributed by atoms with Gasteiger partial charge in [0.25, 0.3) is 0 Å². The van der Waals surface area contributed by atoms with Crippen LogP contribution < -0.4 is 5.32 Å². The number of nitriles is 1. The van der Waals surface area contributed by atoms with Crippen LogP contribution >= 0.6 is 0 Å². The third-order valence-electron chi connectivity index (χ3n) is 7.17. The van der Waals surface area contributed by atoms with Crippen molar-refractivity contribution in [3.8, 4) is 17.5 Å². The molecule has 8 heteroatoms. The zero-order valence-electron chi connectivity index (χ0n) is 18.7. The molecule has 1 atom stereocenters. The van der Waals surface area contributed by atoms with Crippen LogP contribution in [0.4, 0.5) is 13.2 Å². The van der Waals surface area contributed by atoms with Crippen LogP contribution in [0.3, 0.4) is 0 Å². The van der Waals surface area contributed by atoms with Crippen LogP contribution in [0.5, 0.6) is 0 Å². The van der Waals surface area contributed by atoms with Crippen molar-refractivity contribution in [2.24, 2.45) is 0 Å². The molecule has 0 aromatic carbocycles. The predicted octanol–water partition coefficient (Wildman–Crippen LogP) is 6.00. The molecule has 1 unspecified atom stereocenters. The van der Waals surface area contributed by atoms with Gasteiger partial charge in [-0.1, -0.05) is 13.0 Å². The van der Waals surface area contributed by atoms with Crippen LogP contribution in [-0.2, 0) is 6.42 Å². The largest absolute Gasteiger partial charge is 0.406 e. The van der Waals surface area contributed by atoms with Gasteiger partial charge in [-0.2, -0.15) is 18.4 Å². The summed E-state index contributed by atoms with van der Waals surface area (Å²) in [6, 6.07) is 7.80. The fourth-order valence-corrected chi connectivity index (χ4v) is 4.72. The van der Waals surface area contributed by atoms with Crippen molar-refractivity contribution < 1.29 is 13.2 Å². The van der Waals surface area contributed by atoms with E-state index in [1.807, 2.05) is 18.3 Å². The molecule has 1 N–H and O–H groups in total. The third kappa shape index (κ3) is 3.59. The lowest BCUT2D eigenvalue weighted by Gasteiger charge is -2.29. The summed E-state index contributed by atoms with van der Waals surface area (Å²) in [4.78, 5) is 9.30. The molecule has 2 saturated carbocycles. The van der Waals surface area contributed by atoms with Gasteiger partial charge in [0.1, 0.15) is 17.3 Å². The van der Waals surface area contributed by atoms with E-state index >= 15 is 0 Å². The van der Waals surface area contributed by atoms with Gasteiger partial charge in [-0.25, -0.2) is 4.98 Å². The van der Waals surface area contributed by atoms with Crippen LogP contribution in [0.25, 0.3) is 22.4 Å². The standard InChI is InChI=1S/C25H26F3N5/c1-3-16-11-19-20(12-29)22(33(18-5-4-6-18)23(19)31-13-16)21-8-7-17(14-30-21)15(2)32-24(9-10-24)25(26,27)28/h7-8,11,13-15,18,32H,3-6,9-10H2,1-2H3. The first-order chi connectivity index (χ1) is 15.8. The van der Waals surface area contributed by atoms with Gasteiger partial charge in [0, 0.05) is 29.9 Å². The summed E-state index contributed by atoms with van der Waals surface area (Å²) in [5.74, 6) is 0. The Bertz CT molecular complexity index is 1230. The minimum absolute atomic E-state index is 0.103. The van der Waals surface area contributed by atoms with Crippen LogP contribution in [0.1, 0.15) is 74.7 Å². The van der Waals surface area contributed by atoms with E-state index in [0.717, 1.165) is 48.0 Å². The van der Waals surface area contributed by atoms with Crippen molar-refractivity contribution in [3.05, 3.63) is 47.3 Å². The minimum Gasteiger partial charge on any atom is -0.320 e. The van der Waals surface area contributed by atoms with E-state index in [4.69, 9.17) is 4.98 Å². The smallest absolute Gasteiger partial charge is 0.320 e. The number of fused-ring (bicyclic) bond motifs is 1. The second-order valence-corrected chi connectivity index (χ2v) is 9.28. The number of rotatable bonds is 6. The molecule has 0 saturated heterocycles. The van der Waals surface area contributed by atoms with Gasteiger partial charge in [-0.15, -0.1) is 0 Å². The third-order valence-corrected chi connectivity index (χ3v) is 7.17. The number of aryl methyl sites for hydroxylation is 1. The summed E-state index contributed by atoms with van der Waals surface area (Å²) in [7, 11) is 0. The summed E-state index contributed by atoms with van der Waals surface area (Å²) in [5, 5.41) is 13.6. The Balaban J connectivity index is 1.53. The maximum absolute atomic E-state index is 13.3. The summed E-state index contributed by atoms with van der Waals surface area (Å²) in [5.41, 5.74) is 2.72. The first-order valence-corrected chi connectivity index (χ1v) is 11.5. The summed E-state index contributed by atoms with van der Waals surface area (Å²) >= 11 is 0. The lowest BCUT2D eigenvalue weighted by Crippen LogP contribution is -2.45. The van der Waals surface area contributed by atoms with E-state index in [-0.39, 0.29) is 18.9 Å². The zero-order chi connectivity index (χ0) is 23.4. The second kappa shape index (κ2) is 7.84. The fraction of sp³-hybridized carbons (Fsp3) is 0.480. The van der Waals surface area contributed by atoms with Crippen LogP contribution in [0, 0.1) is 11.3 Å². The molecule has 2 aliphatic carbocycles. The van der Waals surface area contributed by atoms with Crippen molar-refractivity contribution in [1.29, 1.82) is 5.26 Å². The van der Waals surface area contributed by atoms with Crippen LogP contribution in [-0.4, -0.2) is 26.3 Å². The lowest BCUT2D eigenvalue weighted by molar-refractivity contribution is -0.167. The van der Waals surface area contributed by atoms with Gasteiger partial charge in [0.15, 0.2) is 0 Å². The predicted molar refractivity (Wildman–Crippen MR) is 120 cm³/mol. The van der Waals surface area contributed by atoms with E-state index in [9.17, 15) is 18.4 Å². The van der Waals surface area contributed by atoms with Crippen molar-refractivity contribution in [2.45, 2.75) is 76.2 Å². The van der Waals surface area contributed by atoms with Crippen LogP contribution in [0.2, 0.25) is 0 Å². The lowest BCUT2D eigenvalue weighted by atomic mass is 9.92. The molecule has 0 amide bonds. The summed E-state index contributed by atoms with van der Waals surface area (Å²) < 4.78 is 42.2. The van der Waals surface area contributed by atoms with Gasteiger partial charge >= 0.3 is 6.18 Å². The molecule has 2 fully saturated rings. The Morgan fingerprint density at radius 2 is 2.00 bits per heavy atom. The van der Waals surface area contributed by atoms with E-state index in [1.165, 1.54) is 0 Å². The maximum atomic E-state index is 13.3. The molecular formula is C25H26F3N5. The highest BCUT2D eigenvalue weighted by molar-refractivity contribution is 5.92. The molecule has 33 heavy (non-hydrogen) atoms. The number of hydrogen-bond acceptors (Lipinski definition) is 4. The molecule has 3 aromatic heterocycles. The topological polar surface area (TPSA) is 66.5 Å². The summed E-state index contributed by atoms with van der Waals surface area (Å²) in [6.07, 6.45) is 3.44. The molecule has 172 valence electrons. The molecule has 0 radical (unpaired) electrons. The van der Waals surface area contributed by atoms with Gasteiger partial charge in [0.2, 0.25) is 0 Å². The highest BCUT2D eigenvalue weighted by Crippen LogP contribution is 2.50. The van der Waals surface area contributed by atoms with Gasteiger partial charge in [-0.05, 0) is 68.7 Å². The highest BCUT2D eigenvalue weighted by Gasteiger charge is 2.63. The summed E-state index contributed by atoms with van der Waals surface area (Å²) in [6.45, 7) is 3.78. The van der Waals surface area contributed by atoms with E-state index in [2.05, 4.69) is 27.9 Å². The molecule has 3 aromatic rings. The van der Waals surface area contributed by atoms with Gasteiger partial charge in [-0.3, -0.25) is 10.3 Å². The fourth-order valence-electron chi connectivity index (χ4n) is 4.72. The normalized spacial score (nSPS) is 18.7. The van der Waals surface area contributed by atoms with E-state index in [1.54, 1.807) is 19.2 Å². The van der Waals surface area contributed by atoms with Crippen molar-refractivity contribution in [3.63, 3.8) is 0 Å². The average molecular weight is 454 g/mol. The number of nitrogens with zero attached hydrogens (tertiary/aromatic N) is 4. The quantitative estimate of drug-likeness (QED) is 0.497. The molecule has 0 spiro atoms. The Kier molecular flexibility index (Phi) is 5.20.